The summed E-state index contributed by atoms with van der Waals surface area (Å²) in [6.45, 7) is 1.70. The fourth-order valence-electron chi connectivity index (χ4n) is 3.47. The highest BCUT2D eigenvalue weighted by Crippen LogP contribution is 2.33. The van der Waals surface area contributed by atoms with Crippen molar-refractivity contribution in [1.29, 1.82) is 0 Å². The number of H-pyrrole nitrogens is 1. The molecule has 4 aromatic rings. The van der Waals surface area contributed by atoms with E-state index in [1.807, 2.05) is 60.7 Å². The lowest BCUT2D eigenvalue weighted by atomic mass is 10.1. The van der Waals surface area contributed by atoms with E-state index in [0.717, 1.165) is 27.6 Å². The van der Waals surface area contributed by atoms with Gasteiger partial charge in [-0.15, -0.1) is 0 Å². The lowest BCUT2D eigenvalue weighted by Gasteiger charge is -2.15. The molecule has 0 saturated heterocycles. The third-order valence-electron chi connectivity index (χ3n) is 4.91. The number of aromatic nitrogens is 1. The van der Waals surface area contributed by atoms with Crippen molar-refractivity contribution in [1.82, 2.24) is 10.3 Å². The maximum absolute atomic E-state index is 10.3. The normalized spacial score (nSPS) is 12.1. The van der Waals surface area contributed by atoms with E-state index in [9.17, 15) is 5.11 Å². The highest BCUT2D eigenvalue weighted by molar-refractivity contribution is 7.84. The highest BCUT2D eigenvalue weighted by Gasteiger charge is 2.11. The van der Waals surface area contributed by atoms with Crippen molar-refractivity contribution < 1.29 is 32.3 Å². The first-order valence-corrected chi connectivity index (χ1v) is 12.8. The number of ether oxygens (including phenoxy) is 3. The number of hydrogen-bond donors (Lipinski definition) is 3. The van der Waals surface area contributed by atoms with Gasteiger partial charge in [0.15, 0.2) is 11.5 Å². The second-order valence-corrected chi connectivity index (χ2v) is 9.13. The van der Waals surface area contributed by atoms with Gasteiger partial charge >= 0.3 is 0 Å². The van der Waals surface area contributed by atoms with Gasteiger partial charge < -0.3 is 34.2 Å². The number of nitrogens with one attached hydrogen (secondary N) is 2. The summed E-state index contributed by atoms with van der Waals surface area (Å²) in [5.74, 6) is 2.18. The van der Waals surface area contributed by atoms with Crippen LogP contribution >= 0.6 is 0 Å². The third kappa shape index (κ3) is 8.15. The molecule has 3 N–H and O–H groups in total. The zero-order chi connectivity index (χ0) is 25.3. The van der Waals surface area contributed by atoms with Gasteiger partial charge in [0, 0.05) is 35.6 Å². The molecule has 1 atom stereocenters. The van der Waals surface area contributed by atoms with E-state index >= 15 is 0 Å². The van der Waals surface area contributed by atoms with Gasteiger partial charge in [-0.2, -0.15) is 0 Å². The van der Waals surface area contributed by atoms with Crippen LogP contribution in [0.1, 0.15) is 0 Å². The van der Waals surface area contributed by atoms with Crippen LogP contribution in [0.4, 0.5) is 0 Å². The van der Waals surface area contributed by atoms with E-state index in [0.29, 0.717) is 37.5 Å². The third-order valence-corrected chi connectivity index (χ3v) is 4.91. The summed E-state index contributed by atoms with van der Waals surface area (Å²) in [6.07, 6.45) is -0.0239. The molecule has 9 nitrogen and oxygen atoms in total. The molecular weight excluding hydrogens is 472 g/mol. The summed E-state index contributed by atoms with van der Waals surface area (Å²) < 4.78 is 44.2. The van der Waals surface area contributed by atoms with E-state index < -0.39 is 16.2 Å². The van der Waals surface area contributed by atoms with E-state index in [2.05, 4.69) is 16.4 Å². The monoisotopic (exact) mass is 501 g/mol. The van der Waals surface area contributed by atoms with Crippen LogP contribution in [0, 0.1) is 0 Å². The van der Waals surface area contributed by atoms with E-state index in [-0.39, 0.29) is 6.61 Å². The maximum Gasteiger partial charge on any atom is 0.161 e. The van der Waals surface area contributed by atoms with Crippen molar-refractivity contribution >= 4 is 31.9 Å². The largest absolute Gasteiger partial charge is 0.748 e. The van der Waals surface area contributed by atoms with Crippen molar-refractivity contribution in [3.8, 4) is 17.2 Å². The highest BCUT2D eigenvalue weighted by atomic mass is 32.2. The van der Waals surface area contributed by atoms with Gasteiger partial charge in [-0.05, 0) is 30.3 Å². The minimum absolute atomic E-state index is 0.207. The van der Waals surface area contributed by atoms with Gasteiger partial charge in [-0.1, -0.05) is 36.4 Å². The van der Waals surface area contributed by atoms with Gasteiger partial charge in [0.2, 0.25) is 0 Å². The first-order chi connectivity index (χ1) is 16.8. The number of hydrogen-bond acceptors (Lipinski definition) is 8. The molecule has 0 radical (unpaired) electrons. The van der Waals surface area contributed by atoms with Crippen LogP contribution in [0.15, 0.2) is 66.7 Å². The predicted octanol–water partition coefficient (Wildman–Crippen LogP) is 2.90. The zero-order valence-corrected chi connectivity index (χ0v) is 20.4. The average molecular weight is 502 g/mol. The van der Waals surface area contributed by atoms with Crippen LogP contribution in [-0.2, 0) is 10.1 Å². The summed E-state index contributed by atoms with van der Waals surface area (Å²) in [7, 11) is -2.30. The Bertz CT molecular complexity index is 1330. The number of rotatable bonds is 10. The van der Waals surface area contributed by atoms with Crippen molar-refractivity contribution in [2.24, 2.45) is 0 Å². The molecule has 0 amide bonds. The summed E-state index contributed by atoms with van der Waals surface area (Å²) in [5.41, 5.74) is 2.09. The van der Waals surface area contributed by atoms with Crippen LogP contribution in [0.5, 0.6) is 17.2 Å². The van der Waals surface area contributed by atoms with Crippen LogP contribution < -0.4 is 19.5 Å². The lowest BCUT2D eigenvalue weighted by Crippen LogP contribution is -2.33. The minimum Gasteiger partial charge on any atom is -0.748 e. The standard InChI is InChI=1S/C24H26N2O4.CH4O3S/c1-28-21-10-4-5-11-22(21)29-14-13-25-15-17(27)16-30-23-12-6-9-20-24(23)18-7-2-3-8-19(18)26-20;1-5(2,3)4/h2-12,17,25-27H,13-16H2,1H3;1H3,(H,2,3,4)/p-1. The Morgan fingerprint density at radius 2 is 1.57 bits per heavy atom. The molecule has 0 aliphatic rings. The van der Waals surface area contributed by atoms with Gasteiger partial charge in [-0.25, -0.2) is 8.42 Å². The molecule has 4 rings (SSSR count). The summed E-state index contributed by atoms with van der Waals surface area (Å²) >= 11 is 0. The van der Waals surface area contributed by atoms with Gasteiger partial charge in [0.25, 0.3) is 0 Å². The molecule has 1 aromatic heterocycles. The number of benzene rings is 3. The van der Waals surface area contributed by atoms with E-state index in [1.54, 1.807) is 7.11 Å². The SMILES string of the molecule is COc1ccccc1OCCNCC(O)COc1cccc2[nH]c3ccccc3c12.CS(=O)(=O)[O-]. The Hall–Kier alpha value is -3.31. The van der Waals surface area contributed by atoms with E-state index in [1.165, 1.54) is 0 Å². The molecule has 3 aromatic carbocycles. The molecule has 188 valence electrons. The zero-order valence-electron chi connectivity index (χ0n) is 19.6. The Labute approximate surface area is 204 Å². The quantitative estimate of drug-likeness (QED) is 0.223. The van der Waals surface area contributed by atoms with Crippen LogP contribution in [-0.4, -0.2) is 68.8 Å². The smallest absolute Gasteiger partial charge is 0.161 e. The van der Waals surface area contributed by atoms with Crippen molar-refractivity contribution in [3.63, 3.8) is 0 Å². The van der Waals surface area contributed by atoms with Crippen molar-refractivity contribution in [2.45, 2.75) is 6.10 Å². The molecule has 0 spiro atoms. The first kappa shape index (κ1) is 26.3. The lowest BCUT2D eigenvalue weighted by molar-refractivity contribution is 0.106. The number of aliphatic hydroxyl groups is 1. The number of para-hydroxylation sites is 3. The molecule has 0 bridgehead atoms. The Morgan fingerprint density at radius 1 is 0.943 bits per heavy atom. The fraction of sp³-hybridized carbons (Fsp3) is 0.280. The number of aromatic amines is 1. The topological polar surface area (TPSA) is 133 Å². The van der Waals surface area contributed by atoms with Crippen LogP contribution in [0.2, 0.25) is 0 Å². The number of fused-ring (bicyclic) bond motifs is 3. The molecule has 0 saturated carbocycles. The molecule has 0 fully saturated rings. The summed E-state index contributed by atoms with van der Waals surface area (Å²) in [4.78, 5) is 3.40. The van der Waals surface area contributed by atoms with Crippen LogP contribution in [0.3, 0.4) is 0 Å². The number of aliphatic hydroxyl groups excluding tert-OH is 1. The first-order valence-electron chi connectivity index (χ1n) is 10.9. The molecule has 0 aliphatic heterocycles. The molecule has 35 heavy (non-hydrogen) atoms. The van der Waals surface area contributed by atoms with Crippen molar-refractivity contribution in [2.75, 3.05) is 39.7 Å². The number of methoxy groups -OCH3 is 1. The summed E-state index contributed by atoms with van der Waals surface area (Å²) in [5, 5.41) is 15.6. The molecule has 1 unspecified atom stereocenters. The summed E-state index contributed by atoms with van der Waals surface area (Å²) in [6, 6.07) is 21.6. The van der Waals surface area contributed by atoms with Crippen molar-refractivity contribution in [3.05, 3.63) is 66.7 Å². The second kappa shape index (κ2) is 12.4. The van der Waals surface area contributed by atoms with E-state index in [4.69, 9.17) is 27.2 Å². The molecule has 0 aliphatic carbocycles. The Balaban J connectivity index is 0.000000623. The minimum atomic E-state index is -3.92. The average Bonchev–Trinajstić information content (AvgIpc) is 3.21. The molecule has 10 heteroatoms. The Kier molecular flexibility index (Phi) is 9.32. The molecular formula is C25H29N2O7S-. The van der Waals surface area contributed by atoms with Gasteiger partial charge in [-0.3, -0.25) is 0 Å². The Morgan fingerprint density at radius 3 is 2.31 bits per heavy atom. The molecule has 1 heterocycles. The predicted molar refractivity (Wildman–Crippen MR) is 134 cm³/mol. The van der Waals surface area contributed by atoms with Gasteiger partial charge in [0.1, 0.15) is 25.1 Å². The maximum atomic E-state index is 10.3. The second-order valence-electron chi connectivity index (χ2n) is 7.72. The van der Waals surface area contributed by atoms with Crippen LogP contribution in [0.25, 0.3) is 21.8 Å². The fourth-order valence-corrected chi connectivity index (χ4v) is 3.47. The van der Waals surface area contributed by atoms with Gasteiger partial charge in [0.05, 0.1) is 22.7 Å².